The summed E-state index contributed by atoms with van der Waals surface area (Å²) in [6.07, 6.45) is 2.15. The van der Waals surface area contributed by atoms with Gasteiger partial charge in [0.05, 0.1) is 25.0 Å². The molecule has 0 atom stereocenters. The summed E-state index contributed by atoms with van der Waals surface area (Å²) in [6, 6.07) is 7.44. The Morgan fingerprint density at radius 1 is 1.33 bits per heavy atom. The van der Waals surface area contributed by atoms with E-state index in [1.807, 2.05) is 13.8 Å². The number of ether oxygens (including phenoxy) is 2. The van der Waals surface area contributed by atoms with E-state index in [1.165, 1.54) is 0 Å². The van der Waals surface area contributed by atoms with Gasteiger partial charge in [-0.1, -0.05) is 0 Å². The fourth-order valence-corrected chi connectivity index (χ4v) is 2.31. The van der Waals surface area contributed by atoms with Crippen LogP contribution in [0.5, 0.6) is 11.5 Å². The van der Waals surface area contributed by atoms with E-state index in [1.54, 1.807) is 18.2 Å². The van der Waals surface area contributed by atoms with Crippen LogP contribution in [0.2, 0.25) is 0 Å². The highest BCUT2D eigenvalue weighted by atomic mass is 16.5. The van der Waals surface area contributed by atoms with E-state index in [9.17, 15) is 10.1 Å². The number of nitrogens with zero attached hydrogens (tertiary/aromatic N) is 1. The third-order valence-corrected chi connectivity index (χ3v) is 3.67. The largest absolute Gasteiger partial charge is 0.494 e. The average Bonchev–Trinajstić information content (AvgIpc) is 2.41. The zero-order valence-electron chi connectivity index (χ0n) is 12.4. The molecule has 0 aromatic heterocycles. The maximum absolute atomic E-state index is 12.3. The molecule has 1 aliphatic rings. The van der Waals surface area contributed by atoms with Crippen molar-refractivity contribution in [2.24, 2.45) is 5.41 Å². The Kier molecular flexibility index (Phi) is 4.69. The molecule has 5 heteroatoms. The lowest BCUT2D eigenvalue weighted by Crippen LogP contribution is -2.40. The SMILES string of the molecule is CCOc1ccc(OCC)c(NC(=O)C2(C#N)CCC2)c1. The fraction of sp³-hybridized carbons (Fsp3) is 0.500. The van der Waals surface area contributed by atoms with E-state index in [-0.39, 0.29) is 5.91 Å². The molecule has 1 N–H and O–H groups in total. The second-order valence-electron chi connectivity index (χ2n) is 5.03. The van der Waals surface area contributed by atoms with Crippen molar-refractivity contribution in [3.63, 3.8) is 0 Å². The molecule has 1 amide bonds. The van der Waals surface area contributed by atoms with Crippen LogP contribution in [0.25, 0.3) is 0 Å². The molecule has 1 aliphatic carbocycles. The smallest absolute Gasteiger partial charge is 0.244 e. The van der Waals surface area contributed by atoms with Crippen molar-refractivity contribution in [3.05, 3.63) is 18.2 Å². The topological polar surface area (TPSA) is 71.3 Å². The molecule has 112 valence electrons. The molecule has 0 heterocycles. The molecular formula is C16H20N2O3. The van der Waals surface area contributed by atoms with E-state index in [0.29, 0.717) is 43.2 Å². The second kappa shape index (κ2) is 6.49. The van der Waals surface area contributed by atoms with Crippen LogP contribution < -0.4 is 14.8 Å². The van der Waals surface area contributed by atoms with E-state index in [4.69, 9.17) is 9.47 Å². The standard InChI is InChI=1S/C16H20N2O3/c1-3-20-12-6-7-14(21-4-2)13(10-12)18-15(19)16(11-17)8-5-9-16/h6-7,10H,3-5,8-9H2,1-2H3,(H,18,19). The van der Waals surface area contributed by atoms with E-state index in [2.05, 4.69) is 11.4 Å². The molecule has 1 saturated carbocycles. The first-order valence-corrected chi connectivity index (χ1v) is 7.27. The predicted molar refractivity (Wildman–Crippen MR) is 79.3 cm³/mol. The molecule has 0 bridgehead atoms. The predicted octanol–water partition coefficient (Wildman–Crippen LogP) is 3.12. The Labute approximate surface area is 124 Å². The summed E-state index contributed by atoms with van der Waals surface area (Å²) < 4.78 is 11.0. The van der Waals surface area contributed by atoms with Gasteiger partial charge >= 0.3 is 0 Å². The van der Waals surface area contributed by atoms with Crippen LogP contribution in [-0.4, -0.2) is 19.1 Å². The van der Waals surface area contributed by atoms with Crippen LogP contribution in [0.4, 0.5) is 5.69 Å². The Morgan fingerprint density at radius 2 is 2.05 bits per heavy atom. The maximum Gasteiger partial charge on any atom is 0.244 e. The average molecular weight is 288 g/mol. The summed E-state index contributed by atoms with van der Waals surface area (Å²) in [4.78, 5) is 12.3. The summed E-state index contributed by atoms with van der Waals surface area (Å²) in [7, 11) is 0. The molecular weight excluding hydrogens is 268 g/mol. The second-order valence-corrected chi connectivity index (χ2v) is 5.03. The number of anilines is 1. The van der Waals surface area contributed by atoms with Crippen LogP contribution in [0.15, 0.2) is 18.2 Å². The summed E-state index contributed by atoms with van der Waals surface area (Å²) in [5.74, 6) is 0.989. The third-order valence-electron chi connectivity index (χ3n) is 3.67. The number of carbonyl (C=O) groups excluding carboxylic acids is 1. The fourth-order valence-electron chi connectivity index (χ4n) is 2.31. The number of nitriles is 1. The number of hydrogen-bond acceptors (Lipinski definition) is 4. The van der Waals surface area contributed by atoms with Gasteiger partial charge in [0.25, 0.3) is 0 Å². The van der Waals surface area contributed by atoms with Crippen LogP contribution in [-0.2, 0) is 4.79 Å². The van der Waals surface area contributed by atoms with Gasteiger partial charge in [0, 0.05) is 6.07 Å². The molecule has 1 aromatic rings. The van der Waals surface area contributed by atoms with Crippen molar-refractivity contribution in [1.82, 2.24) is 0 Å². The number of rotatable bonds is 6. The van der Waals surface area contributed by atoms with Crippen molar-refractivity contribution in [2.45, 2.75) is 33.1 Å². The van der Waals surface area contributed by atoms with Crippen molar-refractivity contribution >= 4 is 11.6 Å². The lowest BCUT2D eigenvalue weighted by molar-refractivity contribution is -0.126. The summed E-state index contributed by atoms with van der Waals surface area (Å²) in [6.45, 7) is 4.82. The monoisotopic (exact) mass is 288 g/mol. The summed E-state index contributed by atoms with van der Waals surface area (Å²) >= 11 is 0. The van der Waals surface area contributed by atoms with Gasteiger partial charge in [-0.15, -0.1) is 0 Å². The molecule has 21 heavy (non-hydrogen) atoms. The van der Waals surface area contributed by atoms with Crippen molar-refractivity contribution in [3.8, 4) is 17.6 Å². The Bertz CT molecular complexity index is 559. The van der Waals surface area contributed by atoms with Crippen LogP contribution in [0.1, 0.15) is 33.1 Å². The van der Waals surface area contributed by atoms with Gasteiger partial charge in [-0.25, -0.2) is 0 Å². The van der Waals surface area contributed by atoms with Gasteiger partial charge < -0.3 is 14.8 Å². The highest BCUT2D eigenvalue weighted by Crippen LogP contribution is 2.42. The number of carbonyl (C=O) groups is 1. The molecule has 0 spiro atoms. The van der Waals surface area contributed by atoms with Crippen molar-refractivity contribution < 1.29 is 14.3 Å². The molecule has 1 aromatic carbocycles. The first-order chi connectivity index (χ1) is 10.1. The molecule has 0 radical (unpaired) electrons. The first-order valence-electron chi connectivity index (χ1n) is 7.27. The van der Waals surface area contributed by atoms with Gasteiger partial charge in [-0.2, -0.15) is 5.26 Å². The van der Waals surface area contributed by atoms with E-state index in [0.717, 1.165) is 6.42 Å². The van der Waals surface area contributed by atoms with Gasteiger partial charge in [-0.3, -0.25) is 4.79 Å². The van der Waals surface area contributed by atoms with Gasteiger partial charge in [-0.05, 0) is 45.2 Å². The first kappa shape index (κ1) is 15.2. The minimum absolute atomic E-state index is 0.258. The molecule has 0 aliphatic heterocycles. The van der Waals surface area contributed by atoms with Crippen molar-refractivity contribution in [1.29, 1.82) is 5.26 Å². The minimum Gasteiger partial charge on any atom is -0.494 e. The maximum atomic E-state index is 12.3. The summed E-state index contributed by atoms with van der Waals surface area (Å²) in [5.41, 5.74) is -0.334. The van der Waals surface area contributed by atoms with Crippen molar-refractivity contribution in [2.75, 3.05) is 18.5 Å². The number of nitrogens with one attached hydrogen (secondary N) is 1. The Morgan fingerprint density at radius 3 is 2.57 bits per heavy atom. The highest BCUT2D eigenvalue weighted by molar-refractivity contribution is 5.99. The number of hydrogen-bond donors (Lipinski definition) is 1. The molecule has 1 fully saturated rings. The number of benzene rings is 1. The van der Waals surface area contributed by atoms with Gasteiger partial charge in [0.15, 0.2) is 0 Å². The normalized spacial score (nSPS) is 15.5. The Hall–Kier alpha value is -2.22. The van der Waals surface area contributed by atoms with E-state index >= 15 is 0 Å². The van der Waals surface area contributed by atoms with Crippen LogP contribution in [0.3, 0.4) is 0 Å². The molecule has 0 saturated heterocycles. The zero-order valence-corrected chi connectivity index (χ0v) is 12.4. The van der Waals surface area contributed by atoms with Crippen LogP contribution >= 0.6 is 0 Å². The van der Waals surface area contributed by atoms with Crippen LogP contribution in [0, 0.1) is 16.7 Å². The quantitative estimate of drug-likeness (QED) is 0.873. The highest BCUT2D eigenvalue weighted by Gasteiger charge is 2.44. The lowest BCUT2D eigenvalue weighted by atomic mass is 9.69. The lowest BCUT2D eigenvalue weighted by Gasteiger charge is -2.33. The molecule has 5 nitrogen and oxygen atoms in total. The molecule has 0 unspecified atom stereocenters. The van der Waals surface area contributed by atoms with Gasteiger partial charge in [0.1, 0.15) is 16.9 Å². The number of amides is 1. The summed E-state index contributed by atoms with van der Waals surface area (Å²) in [5, 5.41) is 12.1. The third kappa shape index (κ3) is 3.10. The van der Waals surface area contributed by atoms with Gasteiger partial charge in [0.2, 0.25) is 5.91 Å². The molecule has 2 rings (SSSR count). The Balaban J connectivity index is 2.22. The minimum atomic E-state index is -0.884. The van der Waals surface area contributed by atoms with E-state index < -0.39 is 5.41 Å². The zero-order chi connectivity index (χ0) is 15.3.